The molecule has 0 radical (unpaired) electrons. The highest BCUT2D eigenvalue weighted by molar-refractivity contribution is 9.11. The van der Waals surface area contributed by atoms with Crippen molar-refractivity contribution in [2.75, 3.05) is 6.54 Å². The first-order chi connectivity index (χ1) is 6.84. The number of amidine groups is 1. The summed E-state index contributed by atoms with van der Waals surface area (Å²) in [4.78, 5) is 5.80. The molecule has 1 aromatic rings. The van der Waals surface area contributed by atoms with Crippen molar-refractivity contribution in [3.8, 4) is 0 Å². The summed E-state index contributed by atoms with van der Waals surface area (Å²) in [5.74, 6) is 1.18. The van der Waals surface area contributed by atoms with Crippen LogP contribution in [0.25, 0.3) is 0 Å². The van der Waals surface area contributed by atoms with E-state index in [-0.39, 0.29) is 0 Å². The molecule has 0 saturated heterocycles. The van der Waals surface area contributed by atoms with E-state index in [1.165, 1.54) is 27.3 Å². The third-order valence-electron chi connectivity index (χ3n) is 2.22. The van der Waals surface area contributed by atoms with E-state index in [1.54, 1.807) is 11.3 Å². The summed E-state index contributed by atoms with van der Waals surface area (Å²) in [5.41, 5.74) is 0. The largest absolute Gasteiger partial charge is 0.369 e. The lowest BCUT2D eigenvalue weighted by Gasteiger charge is -2.12. The van der Waals surface area contributed by atoms with Crippen molar-refractivity contribution in [3.63, 3.8) is 0 Å². The van der Waals surface area contributed by atoms with E-state index in [0.717, 1.165) is 19.5 Å². The van der Waals surface area contributed by atoms with Gasteiger partial charge in [0.2, 0.25) is 0 Å². The van der Waals surface area contributed by atoms with Crippen molar-refractivity contribution in [1.29, 1.82) is 0 Å². The van der Waals surface area contributed by atoms with Gasteiger partial charge in [-0.2, -0.15) is 0 Å². The third kappa shape index (κ3) is 2.82. The molecular weight excluding hydrogens is 260 g/mol. The number of rotatable bonds is 2. The lowest BCUT2D eigenvalue weighted by molar-refractivity contribution is 0.707. The number of halogens is 1. The Labute approximate surface area is 96.6 Å². The van der Waals surface area contributed by atoms with Crippen molar-refractivity contribution in [1.82, 2.24) is 5.32 Å². The summed E-state index contributed by atoms with van der Waals surface area (Å²) in [5, 5.41) is 3.39. The van der Waals surface area contributed by atoms with Crippen LogP contribution in [0, 0.1) is 0 Å². The van der Waals surface area contributed by atoms with Crippen LogP contribution in [0.1, 0.15) is 24.1 Å². The standard InChI is InChI=1S/C10H13BrN2S/c11-9-5-4-8(14-9)7-13-10-3-1-2-6-12-10/h4-5H,1-3,6-7H2,(H,12,13). The predicted molar refractivity (Wildman–Crippen MR) is 65.0 cm³/mol. The van der Waals surface area contributed by atoms with Gasteiger partial charge in [0.15, 0.2) is 0 Å². The minimum absolute atomic E-state index is 0.912. The van der Waals surface area contributed by atoms with E-state index in [0.29, 0.717) is 0 Å². The number of thiophene rings is 1. The average molecular weight is 273 g/mol. The second kappa shape index (κ2) is 4.94. The normalized spacial score (nSPS) is 16.5. The van der Waals surface area contributed by atoms with E-state index in [4.69, 9.17) is 0 Å². The van der Waals surface area contributed by atoms with E-state index >= 15 is 0 Å². The highest BCUT2D eigenvalue weighted by atomic mass is 79.9. The molecule has 0 aromatic carbocycles. The lowest BCUT2D eigenvalue weighted by Crippen LogP contribution is -2.24. The van der Waals surface area contributed by atoms with Gasteiger partial charge in [-0.25, -0.2) is 0 Å². The van der Waals surface area contributed by atoms with Crippen LogP contribution in [0.5, 0.6) is 0 Å². The first kappa shape index (κ1) is 10.2. The first-order valence-corrected chi connectivity index (χ1v) is 6.47. The number of nitrogens with one attached hydrogen (secondary N) is 1. The van der Waals surface area contributed by atoms with Crippen LogP contribution in [0.3, 0.4) is 0 Å². The summed E-state index contributed by atoms with van der Waals surface area (Å²) < 4.78 is 1.19. The molecule has 76 valence electrons. The van der Waals surface area contributed by atoms with Crippen molar-refractivity contribution in [2.45, 2.75) is 25.8 Å². The smallest absolute Gasteiger partial charge is 0.0965 e. The van der Waals surface area contributed by atoms with E-state index < -0.39 is 0 Å². The summed E-state index contributed by atoms with van der Waals surface area (Å²) in [7, 11) is 0. The summed E-state index contributed by atoms with van der Waals surface area (Å²) in [6, 6.07) is 4.23. The second-order valence-electron chi connectivity index (χ2n) is 3.34. The van der Waals surface area contributed by atoms with Gasteiger partial charge in [0.25, 0.3) is 0 Å². The molecule has 0 fully saturated rings. The highest BCUT2D eigenvalue weighted by Gasteiger charge is 2.04. The van der Waals surface area contributed by atoms with Gasteiger partial charge in [0.1, 0.15) is 0 Å². The molecule has 0 saturated carbocycles. The zero-order chi connectivity index (χ0) is 9.80. The summed E-state index contributed by atoms with van der Waals surface area (Å²) in [6.07, 6.45) is 3.64. The maximum absolute atomic E-state index is 4.45. The molecule has 14 heavy (non-hydrogen) atoms. The van der Waals surface area contributed by atoms with Gasteiger partial charge >= 0.3 is 0 Å². The van der Waals surface area contributed by atoms with Gasteiger partial charge in [-0.1, -0.05) is 0 Å². The van der Waals surface area contributed by atoms with Crippen molar-refractivity contribution >= 4 is 33.1 Å². The zero-order valence-electron chi connectivity index (χ0n) is 7.92. The molecule has 0 atom stereocenters. The van der Waals surface area contributed by atoms with Gasteiger partial charge in [-0.05, 0) is 40.9 Å². The molecule has 0 amide bonds. The molecule has 0 spiro atoms. The maximum Gasteiger partial charge on any atom is 0.0965 e. The van der Waals surface area contributed by atoms with Crippen molar-refractivity contribution in [2.24, 2.45) is 4.99 Å². The molecule has 0 bridgehead atoms. The Hall–Kier alpha value is -0.350. The van der Waals surface area contributed by atoms with Crippen LogP contribution < -0.4 is 5.32 Å². The minimum Gasteiger partial charge on any atom is -0.369 e. The second-order valence-corrected chi connectivity index (χ2v) is 5.89. The fourth-order valence-electron chi connectivity index (χ4n) is 1.48. The number of hydrogen-bond acceptors (Lipinski definition) is 3. The number of aliphatic imine (C=N–C) groups is 1. The Morgan fingerprint density at radius 2 is 2.36 bits per heavy atom. The molecule has 1 aliphatic rings. The summed E-state index contributed by atoms with van der Waals surface area (Å²) in [6.45, 7) is 1.91. The Balaban J connectivity index is 1.84. The van der Waals surface area contributed by atoms with Gasteiger partial charge in [-0.15, -0.1) is 11.3 Å². The number of hydrogen-bond donors (Lipinski definition) is 1. The van der Waals surface area contributed by atoms with Crippen LogP contribution in [0.2, 0.25) is 0 Å². The van der Waals surface area contributed by atoms with Crippen LogP contribution >= 0.6 is 27.3 Å². The topological polar surface area (TPSA) is 24.4 Å². The lowest BCUT2D eigenvalue weighted by atomic mass is 10.2. The van der Waals surface area contributed by atoms with Crippen molar-refractivity contribution < 1.29 is 0 Å². The zero-order valence-corrected chi connectivity index (χ0v) is 10.3. The van der Waals surface area contributed by atoms with Crippen molar-refractivity contribution in [3.05, 3.63) is 20.8 Å². The molecule has 1 aromatic heterocycles. The molecule has 0 aliphatic carbocycles. The van der Waals surface area contributed by atoms with Gasteiger partial charge in [-0.3, -0.25) is 4.99 Å². The van der Waals surface area contributed by atoms with Crippen LogP contribution in [-0.4, -0.2) is 12.4 Å². The molecular formula is C10H13BrN2S. The maximum atomic E-state index is 4.45. The molecule has 2 nitrogen and oxygen atoms in total. The van der Waals surface area contributed by atoms with Gasteiger partial charge in [0, 0.05) is 17.8 Å². The monoisotopic (exact) mass is 272 g/mol. The number of nitrogens with zero attached hydrogens (tertiary/aromatic N) is 1. The fourth-order valence-corrected chi connectivity index (χ4v) is 2.90. The highest BCUT2D eigenvalue weighted by Crippen LogP contribution is 2.21. The molecule has 0 unspecified atom stereocenters. The average Bonchev–Trinajstić information content (AvgIpc) is 2.63. The Morgan fingerprint density at radius 3 is 3.00 bits per heavy atom. The fraction of sp³-hybridized carbons (Fsp3) is 0.500. The van der Waals surface area contributed by atoms with Gasteiger partial charge in [0.05, 0.1) is 16.2 Å². The molecule has 1 aliphatic heterocycles. The van der Waals surface area contributed by atoms with Crippen LogP contribution in [-0.2, 0) is 6.54 Å². The Bertz CT molecular complexity index is 333. The van der Waals surface area contributed by atoms with E-state index in [2.05, 4.69) is 38.4 Å². The molecule has 1 N–H and O–H groups in total. The Kier molecular flexibility index (Phi) is 3.59. The molecule has 2 heterocycles. The van der Waals surface area contributed by atoms with Gasteiger partial charge < -0.3 is 5.32 Å². The minimum atomic E-state index is 0.912. The SMILES string of the molecule is Brc1ccc(CNC2=NCCCC2)s1. The molecule has 2 rings (SSSR count). The predicted octanol–water partition coefficient (Wildman–Crippen LogP) is 3.18. The van der Waals surface area contributed by atoms with E-state index in [9.17, 15) is 0 Å². The first-order valence-electron chi connectivity index (χ1n) is 4.86. The van der Waals surface area contributed by atoms with Crippen LogP contribution in [0.4, 0.5) is 0 Å². The summed E-state index contributed by atoms with van der Waals surface area (Å²) >= 11 is 5.23. The Morgan fingerprint density at radius 1 is 1.43 bits per heavy atom. The third-order valence-corrected chi connectivity index (χ3v) is 3.84. The van der Waals surface area contributed by atoms with Crippen LogP contribution in [0.15, 0.2) is 20.9 Å². The van der Waals surface area contributed by atoms with E-state index in [1.807, 2.05) is 0 Å². The molecule has 4 heteroatoms. The quantitative estimate of drug-likeness (QED) is 0.879.